The van der Waals surface area contributed by atoms with Crippen molar-refractivity contribution in [2.45, 2.75) is 45.6 Å². The van der Waals surface area contributed by atoms with Gasteiger partial charge in [-0.05, 0) is 48.2 Å². The van der Waals surface area contributed by atoms with Crippen molar-refractivity contribution in [1.82, 2.24) is 4.90 Å². The molecule has 0 bridgehead atoms. The Hall–Kier alpha value is -2.76. The Morgan fingerprint density at radius 3 is 2.10 bits per heavy atom. The van der Waals surface area contributed by atoms with E-state index < -0.39 is 0 Å². The van der Waals surface area contributed by atoms with E-state index in [-0.39, 0.29) is 11.7 Å². The molecular formula is C24H32FNO4. The van der Waals surface area contributed by atoms with Crippen LogP contribution in [0.25, 0.3) is 0 Å². The van der Waals surface area contributed by atoms with E-state index >= 15 is 0 Å². The van der Waals surface area contributed by atoms with Gasteiger partial charge >= 0.3 is 0 Å². The first-order valence-electron chi connectivity index (χ1n) is 10.3. The molecule has 0 saturated carbocycles. The van der Waals surface area contributed by atoms with Gasteiger partial charge in [-0.15, -0.1) is 0 Å². The third-order valence-electron chi connectivity index (χ3n) is 5.02. The minimum Gasteiger partial charge on any atom is -0.493 e. The number of unbranched alkanes of at least 4 members (excludes halogenated alkanes) is 2. The second-order valence-electron chi connectivity index (χ2n) is 7.18. The highest BCUT2D eigenvalue weighted by Gasteiger charge is 2.17. The monoisotopic (exact) mass is 417 g/mol. The first-order valence-corrected chi connectivity index (χ1v) is 10.3. The molecule has 5 nitrogen and oxygen atoms in total. The van der Waals surface area contributed by atoms with Crippen LogP contribution in [0, 0.1) is 5.82 Å². The lowest BCUT2D eigenvalue weighted by atomic mass is 10.1. The zero-order valence-electron chi connectivity index (χ0n) is 18.4. The van der Waals surface area contributed by atoms with Crippen molar-refractivity contribution in [3.05, 3.63) is 53.3 Å². The molecule has 0 aromatic heterocycles. The lowest BCUT2D eigenvalue weighted by Crippen LogP contribution is -2.31. The van der Waals surface area contributed by atoms with Gasteiger partial charge in [-0.25, -0.2) is 4.39 Å². The lowest BCUT2D eigenvalue weighted by molar-refractivity contribution is -0.131. The molecule has 30 heavy (non-hydrogen) atoms. The molecule has 0 spiro atoms. The van der Waals surface area contributed by atoms with Gasteiger partial charge in [0.05, 0.1) is 21.3 Å². The largest absolute Gasteiger partial charge is 0.493 e. The number of hydrogen-bond acceptors (Lipinski definition) is 4. The molecule has 2 aromatic carbocycles. The topological polar surface area (TPSA) is 48.0 Å². The normalized spacial score (nSPS) is 10.6. The molecule has 0 radical (unpaired) electrons. The highest BCUT2D eigenvalue weighted by Crippen LogP contribution is 2.38. The van der Waals surface area contributed by atoms with E-state index in [0.29, 0.717) is 43.2 Å². The Bertz CT molecular complexity index is 782. The molecule has 6 heteroatoms. The van der Waals surface area contributed by atoms with E-state index in [0.717, 1.165) is 30.4 Å². The number of rotatable bonds is 12. The number of carbonyl (C=O) groups is 1. The van der Waals surface area contributed by atoms with Crippen molar-refractivity contribution in [3.8, 4) is 17.2 Å². The molecule has 2 rings (SSSR count). The maximum absolute atomic E-state index is 13.2. The van der Waals surface area contributed by atoms with E-state index in [4.69, 9.17) is 14.2 Å². The summed E-state index contributed by atoms with van der Waals surface area (Å²) < 4.78 is 29.4. The third-order valence-corrected chi connectivity index (χ3v) is 5.02. The summed E-state index contributed by atoms with van der Waals surface area (Å²) in [5, 5.41) is 0. The van der Waals surface area contributed by atoms with Crippen LogP contribution in [0.1, 0.15) is 43.7 Å². The van der Waals surface area contributed by atoms with E-state index in [2.05, 4.69) is 6.92 Å². The Morgan fingerprint density at radius 2 is 1.57 bits per heavy atom. The van der Waals surface area contributed by atoms with Gasteiger partial charge in [0, 0.05) is 19.5 Å². The molecule has 0 aliphatic heterocycles. The summed E-state index contributed by atoms with van der Waals surface area (Å²) in [6.07, 6.45) is 4.03. The predicted octanol–water partition coefficient (Wildman–Crippen LogP) is 5.00. The van der Waals surface area contributed by atoms with E-state index in [9.17, 15) is 9.18 Å². The highest BCUT2D eigenvalue weighted by atomic mass is 19.1. The number of hydrogen-bond donors (Lipinski definition) is 0. The van der Waals surface area contributed by atoms with Crippen molar-refractivity contribution in [1.29, 1.82) is 0 Å². The number of nitrogens with zero attached hydrogens (tertiary/aromatic N) is 1. The predicted molar refractivity (Wildman–Crippen MR) is 116 cm³/mol. The first-order chi connectivity index (χ1) is 14.5. The van der Waals surface area contributed by atoms with Crippen LogP contribution in [-0.4, -0.2) is 38.7 Å². The highest BCUT2D eigenvalue weighted by molar-refractivity contribution is 5.76. The van der Waals surface area contributed by atoms with Crippen LogP contribution in [0.4, 0.5) is 4.39 Å². The molecule has 0 aliphatic rings. The smallest absolute Gasteiger partial charge is 0.223 e. The van der Waals surface area contributed by atoms with Crippen LogP contribution < -0.4 is 14.2 Å². The molecule has 1 amide bonds. The van der Waals surface area contributed by atoms with Gasteiger partial charge in [-0.2, -0.15) is 0 Å². The van der Waals surface area contributed by atoms with Gasteiger partial charge < -0.3 is 19.1 Å². The minimum atomic E-state index is -0.273. The standard InChI is InChI=1S/C24H32FNO4/c1-5-6-7-14-26(17-18-8-11-20(25)12-9-18)23(27)13-10-19-15-21(28-2)24(30-4)22(16-19)29-3/h8-9,11-12,15-16H,5-7,10,13-14,17H2,1-4H3. The maximum atomic E-state index is 13.2. The average Bonchev–Trinajstić information content (AvgIpc) is 2.77. The number of aryl methyl sites for hydroxylation is 1. The van der Waals surface area contributed by atoms with Gasteiger partial charge in [-0.3, -0.25) is 4.79 Å². The molecular weight excluding hydrogens is 385 g/mol. The van der Waals surface area contributed by atoms with Crippen LogP contribution in [0.3, 0.4) is 0 Å². The Balaban J connectivity index is 2.09. The molecule has 0 heterocycles. The van der Waals surface area contributed by atoms with Crippen LogP contribution in [-0.2, 0) is 17.8 Å². The van der Waals surface area contributed by atoms with Crippen molar-refractivity contribution >= 4 is 5.91 Å². The molecule has 0 saturated heterocycles. The summed E-state index contributed by atoms with van der Waals surface area (Å²) in [7, 11) is 4.71. The summed E-state index contributed by atoms with van der Waals surface area (Å²) in [4.78, 5) is 14.8. The number of amides is 1. The van der Waals surface area contributed by atoms with Crippen molar-refractivity contribution in [3.63, 3.8) is 0 Å². The minimum absolute atomic E-state index is 0.0733. The Kier molecular flexibility index (Phi) is 9.45. The Morgan fingerprint density at radius 1 is 0.933 bits per heavy atom. The summed E-state index contributed by atoms with van der Waals surface area (Å²) in [6, 6.07) is 10.1. The SMILES string of the molecule is CCCCCN(Cc1ccc(F)cc1)C(=O)CCc1cc(OC)c(OC)c(OC)c1. The molecule has 0 fully saturated rings. The second-order valence-corrected chi connectivity index (χ2v) is 7.18. The zero-order chi connectivity index (χ0) is 21.9. The summed E-state index contributed by atoms with van der Waals surface area (Å²) in [5.41, 5.74) is 1.86. The average molecular weight is 418 g/mol. The zero-order valence-corrected chi connectivity index (χ0v) is 18.4. The molecule has 0 atom stereocenters. The van der Waals surface area contributed by atoms with E-state index in [1.165, 1.54) is 12.1 Å². The van der Waals surface area contributed by atoms with Gasteiger partial charge in [0.25, 0.3) is 0 Å². The second kappa shape index (κ2) is 12.1. The van der Waals surface area contributed by atoms with Crippen molar-refractivity contribution in [2.24, 2.45) is 0 Å². The summed E-state index contributed by atoms with van der Waals surface area (Å²) in [5.74, 6) is 1.48. The lowest BCUT2D eigenvalue weighted by Gasteiger charge is -2.23. The van der Waals surface area contributed by atoms with Crippen molar-refractivity contribution < 1.29 is 23.4 Å². The summed E-state index contributed by atoms with van der Waals surface area (Å²) in [6.45, 7) is 3.31. The fraction of sp³-hybridized carbons (Fsp3) is 0.458. The quantitative estimate of drug-likeness (QED) is 0.456. The fourth-order valence-corrected chi connectivity index (χ4v) is 3.34. The van der Waals surface area contributed by atoms with Crippen LogP contribution in [0.2, 0.25) is 0 Å². The number of ether oxygens (including phenoxy) is 3. The van der Waals surface area contributed by atoms with Gasteiger partial charge in [0.1, 0.15) is 5.82 Å². The Labute approximate surface area is 178 Å². The maximum Gasteiger partial charge on any atom is 0.223 e. The first kappa shape index (κ1) is 23.5. The molecule has 0 aliphatic carbocycles. The third kappa shape index (κ3) is 6.65. The van der Waals surface area contributed by atoms with Crippen LogP contribution in [0.15, 0.2) is 36.4 Å². The number of halogens is 1. The van der Waals surface area contributed by atoms with E-state index in [1.54, 1.807) is 33.5 Å². The molecule has 0 N–H and O–H groups in total. The van der Waals surface area contributed by atoms with Gasteiger partial charge in [-0.1, -0.05) is 31.9 Å². The number of carbonyl (C=O) groups excluding carboxylic acids is 1. The summed E-state index contributed by atoms with van der Waals surface area (Å²) >= 11 is 0. The fourth-order valence-electron chi connectivity index (χ4n) is 3.34. The van der Waals surface area contributed by atoms with Gasteiger partial charge in [0.2, 0.25) is 11.7 Å². The molecule has 0 unspecified atom stereocenters. The molecule has 2 aromatic rings. The number of benzene rings is 2. The van der Waals surface area contributed by atoms with Gasteiger partial charge in [0.15, 0.2) is 11.5 Å². The molecule has 164 valence electrons. The van der Waals surface area contributed by atoms with Crippen molar-refractivity contribution in [2.75, 3.05) is 27.9 Å². The van der Waals surface area contributed by atoms with Crippen LogP contribution in [0.5, 0.6) is 17.2 Å². The van der Waals surface area contributed by atoms with Crippen LogP contribution >= 0.6 is 0 Å². The number of methoxy groups -OCH3 is 3. The van der Waals surface area contributed by atoms with E-state index in [1.807, 2.05) is 17.0 Å².